The first-order valence-electron chi connectivity index (χ1n) is 6.44. The molecule has 0 saturated heterocycles. The van der Waals surface area contributed by atoms with E-state index in [9.17, 15) is 9.59 Å². The number of ether oxygens (including phenoxy) is 1. The van der Waals surface area contributed by atoms with Gasteiger partial charge in [0.1, 0.15) is 5.00 Å². The van der Waals surface area contributed by atoms with Crippen LogP contribution in [0.15, 0.2) is 11.4 Å². The van der Waals surface area contributed by atoms with Gasteiger partial charge in [-0.2, -0.15) is 0 Å². The number of carboxylic acids is 1. The minimum atomic E-state index is -1.05. The van der Waals surface area contributed by atoms with E-state index in [1.54, 1.807) is 5.38 Å². The number of amides is 2. The van der Waals surface area contributed by atoms with Crippen molar-refractivity contribution in [2.45, 2.75) is 20.3 Å². The Morgan fingerprint density at radius 1 is 1.45 bits per heavy atom. The summed E-state index contributed by atoms with van der Waals surface area (Å²) < 4.78 is 5.39. The fourth-order valence-corrected chi connectivity index (χ4v) is 2.19. The van der Waals surface area contributed by atoms with Crippen LogP contribution in [-0.2, 0) is 4.74 Å². The molecule has 0 bridgehead atoms. The van der Waals surface area contributed by atoms with Gasteiger partial charge in [0.15, 0.2) is 0 Å². The largest absolute Gasteiger partial charge is 0.478 e. The predicted octanol–water partition coefficient (Wildman–Crippen LogP) is 2.63. The SMILES string of the molecule is CC(C)COCCCNC(=O)Nc1sccc1C(=O)O. The lowest BCUT2D eigenvalue weighted by Crippen LogP contribution is -2.30. The van der Waals surface area contributed by atoms with E-state index in [2.05, 4.69) is 24.5 Å². The molecule has 1 aromatic heterocycles. The maximum atomic E-state index is 11.6. The van der Waals surface area contributed by atoms with E-state index in [1.807, 2.05) is 0 Å². The van der Waals surface area contributed by atoms with Gasteiger partial charge in [-0.15, -0.1) is 11.3 Å². The molecule has 0 aliphatic heterocycles. The van der Waals surface area contributed by atoms with Crippen LogP contribution in [0.4, 0.5) is 9.80 Å². The summed E-state index contributed by atoms with van der Waals surface area (Å²) in [5.74, 6) is -0.553. The molecule has 0 radical (unpaired) electrons. The van der Waals surface area contributed by atoms with Gasteiger partial charge < -0.3 is 15.2 Å². The average Bonchev–Trinajstić information content (AvgIpc) is 2.81. The molecule has 2 amide bonds. The summed E-state index contributed by atoms with van der Waals surface area (Å²) in [4.78, 5) is 22.4. The van der Waals surface area contributed by atoms with Crippen molar-refractivity contribution in [3.05, 3.63) is 17.0 Å². The zero-order valence-corrected chi connectivity index (χ0v) is 12.5. The van der Waals surface area contributed by atoms with E-state index in [0.29, 0.717) is 30.7 Å². The van der Waals surface area contributed by atoms with Crippen molar-refractivity contribution < 1.29 is 19.4 Å². The molecule has 0 saturated carbocycles. The molecule has 20 heavy (non-hydrogen) atoms. The maximum absolute atomic E-state index is 11.6. The number of aromatic carboxylic acids is 1. The number of carboxylic acid groups (broad SMARTS) is 1. The summed E-state index contributed by atoms with van der Waals surface area (Å²) in [7, 11) is 0. The number of hydrogen-bond acceptors (Lipinski definition) is 4. The molecule has 112 valence electrons. The van der Waals surface area contributed by atoms with Gasteiger partial charge in [0.25, 0.3) is 0 Å². The van der Waals surface area contributed by atoms with Crippen LogP contribution in [0.3, 0.4) is 0 Å². The smallest absolute Gasteiger partial charge is 0.338 e. The van der Waals surface area contributed by atoms with Crippen molar-refractivity contribution in [1.29, 1.82) is 0 Å². The Kier molecular flexibility index (Phi) is 7.03. The Morgan fingerprint density at radius 3 is 2.85 bits per heavy atom. The second-order valence-corrected chi connectivity index (χ2v) is 5.59. The molecular formula is C13H20N2O4S. The molecule has 7 heteroatoms. The first-order valence-corrected chi connectivity index (χ1v) is 7.32. The normalized spacial score (nSPS) is 10.6. The summed E-state index contributed by atoms with van der Waals surface area (Å²) in [6, 6.07) is 1.06. The molecule has 3 N–H and O–H groups in total. The second-order valence-electron chi connectivity index (χ2n) is 4.67. The molecule has 0 unspecified atom stereocenters. The third-order valence-corrected chi connectivity index (χ3v) is 3.15. The molecule has 0 aromatic carbocycles. The Labute approximate surface area is 122 Å². The van der Waals surface area contributed by atoms with Crippen molar-refractivity contribution in [1.82, 2.24) is 5.32 Å². The van der Waals surface area contributed by atoms with Gasteiger partial charge in [0.2, 0.25) is 0 Å². The van der Waals surface area contributed by atoms with E-state index in [-0.39, 0.29) is 5.56 Å². The maximum Gasteiger partial charge on any atom is 0.338 e. The molecular weight excluding hydrogens is 280 g/mol. The molecule has 0 atom stereocenters. The molecule has 0 spiro atoms. The van der Waals surface area contributed by atoms with Crippen LogP contribution >= 0.6 is 11.3 Å². The van der Waals surface area contributed by atoms with Crippen molar-refractivity contribution in [3.63, 3.8) is 0 Å². The highest BCUT2D eigenvalue weighted by molar-refractivity contribution is 7.14. The lowest BCUT2D eigenvalue weighted by molar-refractivity contribution is 0.0698. The highest BCUT2D eigenvalue weighted by atomic mass is 32.1. The highest BCUT2D eigenvalue weighted by Crippen LogP contribution is 2.22. The molecule has 1 heterocycles. The Hall–Kier alpha value is -1.60. The van der Waals surface area contributed by atoms with Crippen LogP contribution < -0.4 is 10.6 Å². The van der Waals surface area contributed by atoms with Crippen molar-refractivity contribution in [2.75, 3.05) is 25.1 Å². The Bertz CT molecular complexity index is 445. The van der Waals surface area contributed by atoms with Gasteiger partial charge in [0, 0.05) is 19.8 Å². The van der Waals surface area contributed by atoms with Crippen LogP contribution in [0, 0.1) is 5.92 Å². The van der Waals surface area contributed by atoms with Crippen LogP contribution in [0.1, 0.15) is 30.6 Å². The number of carbonyl (C=O) groups is 2. The quantitative estimate of drug-likeness (QED) is 0.644. The lowest BCUT2D eigenvalue weighted by Gasteiger charge is -2.08. The van der Waals surface area contributed by atoms with E-state index >= 15 is 0 Å². The minimum Gasteiger partial charge on any atom is -0.478 e. The zero-order chi connectivity index (χ0) is 15.0. The van der Waals surface area contributed by atoms with E-state index < -0.39 is 12.0 Å². The summed E-state index contributed by atoms with van der Waals surface area (Å²) in [5, 5.41) is 16.1. The standard InChI is InChI=1S/C13H20N2O4S/c1-9(2)8-19-6-3-5-14-13(18)15-11-10(12(16)17)4-7-20-11/h4,7,9H,3,5-6,8H2,1-2H3,(H,16,17)(H2,14,15,18). The number of hydrogen-bond donors (Lipinski definition) is 3. The van der Waals surface area contributed by atoms with Gasteiger partial charge in [-0.3, -0.25) is 5.32 Å². The lowest BCUT2D eigenvalue weighted by atomic mass is 10.2. The first kappa shape index (κ1) is 16.5. The number of anilines is 1. The van der Waals surface area contributed by atoms with Crippen LogP contribution in [0.2, 0.25) is 0 Å². The summed E-state index contributed by atoms with van der Waals surface area (Å²) in [6.45, 7) is 5.94. The Morgan fingerprint density at radius 2 is 2.20 bits per heavy atom. The summed E-state index contributed by atoms with van der Waals surface area (Å²) >= 11 is 1.18. The van der Waals surface area contributed by atoms with Gasteiger partial charge in [-0.25, -0.2) is 9.59 Å². The number of rotatable bonds is 8. The fraction of sp³-hybridized carbons (Fsp3) is 0.538. The average molecular weight is 300 g/mol. The topological polar surface area (TPSA) is 87.7 Å². The minimum absolute atomic E-state index is 0.102. The number of nitrogens with one attached hydrogen (secondary N) is 2. The number of thiophene rings is 1. The van der Waals surface area contributed by atoms with Crippen molar-refractivity contribution in [2.24, 2.45) is 5.92 Å². The molecule has 0 fully saturated rings. The van der Waals surface area contributed by atoms with E-state index in [1.165, 1.54) is 17.4 Å². The van der Waals surface area contributed by atoms with E-state index in [4.69, 9.17) is 9.84 Å². The highest BCUT2D eigenvalue weighted by Gasteiger charge is 2.13. The Balaban J connectivity index is 2.20. The fourth-order valence-electron chi connectivity index (χ4n) is 1.42. The monoisotopic (exact) mass is 300 g/mol. The van der Waals surface area contributed by atoms with Crippen LogP contribution in [0.25, 0.3) is 0 Å². The number of carbonyl (C=O) groups excluding carboxylic acids is 1. The van der Waals surface area contributed by atoms with Gasteiger partial charge in [-0.1, -0.05) is 13.8 Å². The molecule has 6 nitrogen and oxygen atoms in total. The van der Waals surface area contributed by atoms with Crippen molar-refractivity contribution >= 4 is 28.3 Å². The van der Waals surface area contributed by atoms with Crippen LogP contribution in [-0.4, -0.2) is 36.9 Å². The van der Waals surface area contributed by atoms with Crippen molar-refractivity contribution in [3.8, 4) is 0 Å². The van der Waals surface area contributed by atoms with Gasteiger partial charge in [0.05, 0.1) is 5.56 Å². The first-order chi connectivity index (χ1) is 9.50. The summed E-state index contributed by atoms with van der Waals surface area (Å²) in [5.41, 5.74) is 0.102. The third-order valence-electron chi connectivity index (χ3n) is 2.32. The molecule has 0 aliphatic rings. The zero-order valence-electron chi connectivity index (χ0n) is 11.6. The molecule has 1 aromatic rings. The second kappa shape index (κ2) is 8.55. The van der Waals surface area contributed by atoms with Gasteiger partial charge in [-0.05, 0) is 23.8 Å². The summed E-state index contributed by atoms with van der Waals surface area (Å²) in [6.07, 6.45) is 0.719. The van der Waals surface area contributed by atoms with E-state index in [0.717, 1.165) is 6.42 Å². The predicted molar refractivity (Wildman–Crippen MR) is 78.6 cm³/mol. The van der Waals surface area contributed by atoms with Crippen LogP contribution in [0.5, 0.6) is 0 Å². The third kappa shape index (κ3) is 6.03. The molecule has 0 aliphatic carbocycles. The van der Waals surface area contributed by atoms with Gasteiger partial charge >= 0.3 is 12.0 Å². The molecule has 1 rings (SSSR count). The number of urea groups is 1.